The maximum absolute atomic E-state index is 11.1. The van der Waals surface area contributed by atoms with E-state index in [2.05, 4.69) is 5.32 Å². The SMILES string of the molecule is CC(CCS(C)=O)Nc1cc2c(cc1N)OCCO2. The summed E-state index contributed by atoms with van der Waals surface area (Å²) in [5.74, 6) is 2.09. The van der Waals surface area contributed by atoms with Crippen LogP contribution in [0.1, 0.15) is 13.3 Å². The number of nitrogens with one attached hydrogen (secondary N) is 1. The lowest BCUT2D eigenvalue weighted by atomic mass is 10.2. The minimum Gasteiger partial charge on any atom is -0.486 e. The predicted octanol–water partition coefficient (Wildman–Crippen LogP) is 1.61. The molecule has 2 unspecified atom stereocenters. The van der Waals surface area contributed by atoms with E-state index in [4.69, 9.17) is 15.2 Å². The lowest BCUT2D eigenvalue weighted by Crippen LogP contribution is -2.20. The second-order valence-electron chi connectivity index (χ2n) is 4.69. The molecule has 5 nitrogen and oxygen atoms in total. The van der Waals surface area contributed by atoms with Gasteiger partial charge >= 0.3 is 0 Å². The van der Waals surface area contributed by atoms with Crippen molar-refractivity contribution in [3.8, 4) is 11.5 Å². The molecule has 0 saturated carbocycles. The van der Waals surface area contributed by atoms with Crippen LogP contribution < -0.4 is 20.5 Å². The Balaban J connectivity index is 2.05. The standard InChI is InChI=1S/C13H20N2O3S/c1-9(3-6-19(2)16)15-11-8-13-12(7-10(11)14)17-4-5-18-13/h7-9,15H,3-6,14H2,1-2H3. The van der Waals surface area contributed by atoms with Gasteiger partial charge in [0.1, 0.15) is 13.2 Å². The highest BCUT2D eigenvalue weighted by Gasteiger charge is 2.15. The lowest BCUT2D eigenvalue weighted by molar-refractivity contribution is 0.172. The summed E-state index contributed by atoms with van der Waals surface area (Å²) in [5, 5.41) is 3.32. The van der Waals surface area contributed by atoms with E-state index < -0.39 is 10.8 Å². The zero-order valence-corrected chi connectivity index (χ0v) is 12.1. The fourth-order valence-corrected chi connectivity index (χ4v) is 2.60. The molecule has 3 N–H and O–H groups in total. The van der Waals surface area contributed by atoms with Gasteiger partial charge in [-0.15, -0.1) is 0 Å². The Morgan fingerprint density at radius 1 is 1.37 bits per heavy atom. The Morgan fingerprint density at radius 3 is 2.63 bits per heavy atom. The zero-order valence-electron chi connectivity index (χ0n) is 11.3. The molecular formula is C13H20N2O3S. The van der Waals surface area contributed by atoms with Crippen LogP contribution in [-0.4, -0.2) is 35.5 Å². The molecule has 0 bridgehead atoms. The highest BCUT2D eigenvalue weighted by Crippen LogP contribution is 2.37. The van der Waals surface area contributed by atoms with Crippen LogP contribution in [0.4, 0.5) is 11.4 Å². The predicted molar refractivity (Wildman–Crippen MR) is 78.5 cm³/mol. The molecule has 1 aromatic carbocycles. The van der Waals surface area contributed by atoms with Gasteiger partial charge in [-0.2, -0.15) is 0 Å². The molecule has 19 heavy (non-hydrogen) atoms. The number of benzene rings is 1. The second-order valence-corrected chi connectivity index (χ2v) is 6.25. The van der Waals surface area contributed by atoms with Crippen LogP contribution in [0, 0.1) is 0 Å². The van der Waals surface area contributed by atoms with Crippen molar-refractivity contribution in [2.45, 2.75) is 19.4 Å². The summed E-state index contributed by atoms with van der Waals surface area (Å²) in [6.07, 6.45) is 2.54. The number of nitrogen functional groups attached to an aromatic ring is 1. The molecule has 1 heterocycles. The Morgan fingerprint density at radius 2 is 2.00 bits per heavy atom. The van der Waals surface area contributed by atoms with Crippen LogP contribution in [-0.2, 0) is 10.8 Å². The third-order valence-electron chi connectivity index (χ3n) is 2.95. The first-order valence-electron chi connectivity index (χ1n) is 6.32. The van der Waals surface area contributed by atoms with E-state index in [0.717, 1.165) is 12.1 Å². The molecule has 0 fully saturated rings. The lowest BCUT2D eigenvalue weighted by Gasteiger charge is -2.22. The zero-order chi connectivity index (χ0) is 13.8. The highest BCUT2D eigenvalue weighted by molar-refractivity contribution is 7.84. The second kappa shape index (κ2) is 6.14. The van der Waals surface area contributed by atoms with Crippen molar-refractivity contribution >= 4 is 22.2 Å². The number of hydrogen-bond acceptors (Lipinski definition) is 5. The van der Waals surface area contributed by atoms with Gasteiger partial charge in [0.05, 0.1) is 11.4 Å². The van der Waals surface area contributed by atoms with Crippen molar-refractivity contribution in [1.29, 1.82) is 0 Å². The first-order chi connectivity index (χ1) is 9.06. The topological polar surface area (TPSA) is 73.6 Å². The summed E-state index contributed by atoms with van der Waals surface area (Å²) in [4.78, 5) is 0. The number of nitrogens with two attached hydrogens (primary N) is 1. The van der Waals surface area contributed by atoms with Crippen LogP contribution in [0.15, 0.2) is 12.1 Å². The van der Waals surface area contributed by atoms with Gasteiger partial charge in [-0.3, -0.25) is 4.21 Å². The summed E-state index contributed by atoms with van der Waals surface area (Å²) >= 11 is 0. The van der Waals surface area contributed by atoms with Crippen molar-refractivity contribution in [3.05, 3.63) is 12.1 Å². The molecule has 1 aromatic rings. The molecule has 2 atom stereocenters. The van der Waals surface area contributed by atoms with Gasteiger partial charge in [0, 0.05) is 41.0 Å². The van der Waals surface area contributed by atoms with E-state index >= 15 is 0 Å². The number of anilines is 2. The van der Waals surface area contributed by atoms with Crippen LogP contribution >= 0.6 is 0 Å². The summed E-state index contributed by atoms with van der Waals surface area (Å²) in [6.45, 7) is 3.15. The summed E-state index contributed by atoms with van der Waals surface area (Å²) in [5.41, 5.74) is 7.46. The van der Waals surface area contributed by atoms with Crippen molar-refractivity contribution in [3.63, 3.8) is 0 Å². The maximum atomic E-state index is 11.1. The molecule has 6 heteroatoms. The van der Waals surface area contributed by atoms with Gasteiger partial charge < -0.3 is 20.5 Å². The molecule has 2 rings (SSSR count). The van der Waals surface area contributed by atoms with E-state index in [1.807, 2.05) is 13.0 Å². The Labute approximate surface area is 115 Å². The molecule has 0 radical (unpaired) electrons. The van der Waals surface area contributed by atoms with E-state index in [9.17, 15) is 4.21 Å². The van der Waals surface area contributed by atoms with Crippen LogP contribution in [0.3, 0.4) is 0 Å². The number of rotatable bonds is 5. The number of ether oxygens (including phenoxy) is 2. The quantitative estimate of drug-likeness (QED) is 0.804. The molecule has 0 amide bonds. The highest BCUT2D eigenvalue weighted by atomic mass is 32.2. The van der Waals surface area contributed by atoms with E-state index in [0.29, 0.717) is 36.2 Å². The summed E-state index contributed by atoms with van der Waals surface area (Å²) < 4.78 is 22.1. The fraction of sp³-hybridized carbons (Fsp3) is 0.538. The first kappa shape index (κ1) is 14.0. The number of fused-ring (bicyclic) bond motifs is 1. The number of hydrogen-bond donors (Lipinski definition) is 2. The van der Waals surface area contributed by atoms with Crippen LogP contribution in [0.5, 0.6) is 11.5 Å². The molecule has 106 valence electrons. The summed E-state index contributed by atoms with van der Waals surface area (Å²) in [6, 6.07) is 3.85. The Kier molecular flexibility index (Phi) is 4.52. The average molecular weight is 284 g/mol. The molecular weight excluding hydrogens is 264 g/mol. The first-order valence-corrected chi connectivity index (χ1v) is 8.04. The molecule has 0 aliphatic carbocycles. The third kappa shape index (κ3) is 3.76. The van der Waals surface area contributed by atoms with Gasteiger partial charge in [0.2, 0.25) is 0 Å². The van der Waals surface area contributed by atoms with Gasteiger partial charge in [-0.25, -0.2) is 0 Å². The Hall–Kier alpha value is -1.43. The molecule has 0 saturated heterocycles. The smallest absolute Gasteiger partial charge is 0.163 e. The fourth-order valence-electron chi connectivity index (χ4n) is 1.91. The Bertz CT molecular complexity index is 479. The van der Waals surface area contributed by atoms with Crippen molar-refractivity contribution < 1.29 is 13.7 Å². The van der Waals surface area contributed by atoms with E-state index in [1.54, 1.807) is 12.3 Å². The van der Waals surface area contributed by atoms with E-state index in [1.165, 1.54) is 0 Å². The van der Waals surface area contributed by atoms with Gasteiger partial charge in [0.25, 0.3) is 0 Å². The molecule has 0 aromatic heterocycles. The van der Waals surface area contributed by atoms with Crippen LogP contribution in [0.25, 0.3) is 0 Å². The van der Waals surface area contributed by atoms with Crippen molar-refractivity contribution in [2.75, 3.05) is 36.3 Å². The third-order valence-corrected chi connectivity index (χ3v) is 3.77. The van der Waals surface area contributed by atoms with Crippen molar-refractivity contribution in [2.24, 2.45) is 0 Å². The molecule has 1 aliphatic rings. The minimum absolute atomic E-state index is 0.203. The van der Waals surface area contributed by atoms with Gasteiger partial charge in [0.15, 0.2) is 11.5 Å². The normalized spacial score (nSPS) is 16.7. The molecule has 0 spiro atoms. The van der Waals surface area contributed by atoms with Gasteiger partial charge in [-0.05, 0) is 13.3 Å². The monoisotopic (exact) mass is 284 g/mol. The van der Waals surface area contributed by atoms with Crippen LogP contribution in [0.2, 0.25) is 0 Å². The largest absolute Gasteiger partial charge is 0.486 e. The summed E-state index contributed by atoms with van der Waals surface area (Å²) in [7, 11) is -0.767. The maximum Gasteiger partial charge on any atom is 0.163 e. The average Bonchev–Trinajstić information content (AvgIpc) is 2.37. The minimum atomic E-state index is -0.767. The van der Waals surface area contributed by atoms with Crippen molar-refractivity contribution in [1.82, 2.24) is 0 Å². The molecule has 1 aliphatic heterocycles. The van der Waals surface area contributed by atoms with Gasteiger partial charge in [-0.1, -0.05) is 0 Å². The van der Waals surface area contributed by atoms with E-state index in [-0.39, 0.29) is 6.04 Å².